The molecule has 0 amide bonds. The minimum atomic E-state index is -1.17. The smallest absolute Gasteiger partial charge is 0.162 e. The van der Waals surface area contributed by atoms with Crippen molar-refractivity contribution in [1.29, 1.82) is 0 Å². The number of rotatable bonds is 7. The molecular weight excluding hydrogens is 420 g/mol. The first kappa shape index (κ1) is 22.4. The van der Waals surface area contributed by atoms with Gasteiger partial charge in [0.1, 0.15) is 0 Å². The van der Waals surface area contributed by atoms with Gasteiger partial charge in [0, 0.05) is 18.7 Å². The van der Waals surface area contributed by atoms with Gasteiger partial charge in [0.05, 0.1) is 39.1 Å². The first-order valence-corrected chi connectivity index (χ1v) is 12.0. The van der Waals surface area contributed by atoms with Gasteiger partial charge in [-0.05, 0) is 69.3 Å². The fourth-order valence-electron chi connectivity index (χ4n) is 4.30. The topological polar surface area (TPSA) is 53.0 Å². The molecule has 1 N–H and O–H groups in total. The summed E-state index contributed by atoms with van der Waals surface area (Å²) < 4.78 is 18.5. The number of aromatic hydroxyl groups is 1. The van der Waals surface area contributed by atoms with Gasteiger partial charge in [-0.1, -0.05) is 30.3 Å². The molecular formula is C26H30N2O3S. The lowest BCUT2D eigenvalue weighted by Crippen LogP contribution is -2.29. The predicted molar refractivity (Wildman–Crippen MR) is 130 cm³/mol. The van der Waals surface area contributed by atoms with Crippen molar-refractivity contribution in [3.63, 3.8) is 0 Å². The van der Waals surface area contributed by atoms with Crippen LogP contribution in [0.15, 0.2) is 64.4 Å². The summed E-state index contributed by atoms with van der Waals surface area (Å²) in [5, 5.41) is 10.4. The number of fused-ring (bicyclic) bond motifs is 2. The third-order valence-electron chi connectivity index (χ3n) is 6.15. The quantitative estimate of drug-likeness (QED) is 0.539. The number of phenols is 1. The lowest BCUT2D eigenvalue weighted by molar-refractivity contribution is 0.312. The van der Waals surface area contributed by atoms with E-state index in [1.54, 1.807) is 13.2 Å². The maximum Gasteiger partial charge on any atom is 0.162 e. The van der Waals surface area contributed by atoms with Crippen LogP contribution in [0, 0.1) is 13.8 Å². The van der Waals surface area contributed by atoms with Crippen molar-refractivity contribution in [3.8, 4) is 11.5 Å². The van der Waals surface area contributed by atoms with E-state index >= 15 is 0 Å². The summed E-state index contributed by atoms with van der Waals surface area (Å²) in [6.07, 6.45) is 0.926. The summed E-state index contributed by atoms with van der Waals surface area (Å²) in [5.41, 5.74) is 5.34. The molecule has 3 aromatic rings. The fourth-order valence-corrected chi connectivity index (χ4v) is 5.74. The fraction of sp³-hybridized carbons (Fsp3) is 0.308. The van der Waals surface area contributed by atoms with Crippen molar-refractivity contribution in [2.45, 2.75) is 36.6 Å². The van der Waals surface area contributed by atoms with Crippen molar-refractivity contribution in [2.24, 2.45) is 0 Å². The van der Waals surface area contributed by atoms with Gasteiger partial charge in [-0.15, -0.1) is 0 Å². The average molecular weight is 451 g/mol. The molecule has 1 aliphatic rings. The molecule has 4 rings (SSSR count). The van der Waals surface area contributed by atoms with Gasteiger partial charge in [0.15, 0.2) is 11.5 Å². The highest BCUT2D eigenvalue weighted by Gasteiger charge is 2.29. The second-order valence-corrected chi connectivity index (χ2v) is 9.72. The summed E-state index contributed by atoms with van der Waals surface area (Å²) in [6.45, 7) is 6.53. The van der Waals surface area contributed by atoms with Crippen molar-refractivity contribution in [1.82, 2.24) is 4.90 Å². The highest BCUT2D eigenvalue weighted by Crippen LogP contribution is 2.44. The van der Waals surface area contributed by atoms with E-state index < -0.39 is 10.8 Å². The van der Waals surface area contributed by atoms with Crippen LogP contribution in [0.1, 0.15) is 23.1 Å². The number of para-hydroxylation sites is 2. The maximum atomic E-state index is 13.2. The lowest BCUT2D eigenvalue weighted by atomic mass is 10.1. The molecule has 168 valence electrons. The average Bonchev–Trinajstić information content (AvgIpc) is 2.79. The molecule has 0 saturated heterocycles. The van der Waals surface area contributed by atoms with E-state index in [0.29, 0.717) is 12.3 Å². The lowest BCUT2D eigenvalue weighted by Gasteiger charge is -2.35. The SMILES string of the molecule is COc1cccc(CN(C)CCCN2c3ccccc3S(=O)c3ccc(C)c(C)c32)c1O. The highest BCUT2D eigenvalue weighted by atomic mass is 32.2. The van der Waals surface area contributed by atoms with Crippen LogP contribution in [0.2, 0.25) is 0 Å². The van der Waals surface area contributed by atoms with Gasteiger partial charge in [0.25, 0.3) is 0 Å². The van der Waals surface area contributed by atoms with Gasteiger partial charge >= 0.3 is 0 Å². The molecule has 0 spiro atoms. The molecule has 1 atom stereocenters. The molecule has 1 heterocycles. The first-order valence-electron chi connectivity index (χ1n) is 10.8. The van der Waals surface area contributed by atoms with Gasteiger partial charge < -0.3 is 19.6 Å². The van der Waals surface area contributed by atoms with Crippen LogP contribution in [0.4, 0.5) is 11.4 Å². The molecule has 0 aromatic heterocycles. The molecule has 0 radical (unpaired) electrons. The second kappa shape index (κ2) is 9.35. The molecule has 6 heteroatoms. The maximum absolute atomic E-state index is 13.2. The Balaban J connectivity index is 1.52. The van der Waals surface area contributed by atoms with Crippen LogP contribution in [0.25, 0.3) is 0 Å². The number of anilines is 2. The van der Waals surface area contributed by atoms with Crippen LogP contribution in [0.5, 0.6) is 11.5 Å². The van der Waals surface area contributed by atoms with Crippen LogP contribution in [-0.4, -0.2) is 41.5 Å². The van der Waals surface area contributed by atoms with E-state index in [-0.39, 0.29) is 5.75 Å². The Hall–Kier alpha value is -2.83. The Kier molecular flexibility index (Phi) is 6.53. The number of methoxy groups -OCH3 is 1. The van der Waals surface area contributed by atoms with E-state index in [2.05, 4.69) is 42.8 Å². The standard InChI is InChI=1S/C26H30N2O3S/c1-18-13-14-24-25(19(18)2)28(21-10-5-6-12-23(21)32(24)30)16-8-15-27(3)17-20-9-7-11-22(31-4)26(20)29/h5-7,9-14,29H,8,15-17H2,1-4H3. The Morgan fingerprint density at radius 2 is 1.81 bits per heavy atom. The van der Waals surface area contributed by atoms with Crippen LogP contribution in [0.3, 0.4) is 0 Å². The Bertz CT molecular complexity index is 1160. The third-order valence-corrected chi connectivity index (χ3v) is 7.63. The summed E-state index contributed by atoms with van der Waals surface area (Å²) in [6, 6.07) is 17.7. The number of hydrogen-bond acceptors (Lipinski definition) is 5. The molecule has 3 aromatic carbocycles. The van der Waals surface area contributed by atoms with Crippen LogP contribution >= 0.6 is 0 Å². The second-order valence-electron chi connectivity index (χ2n) is 8.30. The number of benzene rings is 3. The van der Waals surface area contributed by atoms with E-state index in [1.165, 1.54) is 11.1 Å². The zero-order valence-corrected chi connectivity index (χ0v) is 19.9. The predicted octanol–water partition coefficient (Wildman–Crippen LogP) is 5.16. The highest BCUT2D eigenvalue weighted by molar-refractivity contribution is 7.85. The van der Waals surface area contributed by atoms with Crippen molar-refractivity contribution in [2.75, 3.05) is 32.1 Å². The normalized spacial score (nSPS) is 14.9. The van der Waals surface area contributed by atoms with Crippen molar-refractivity contribution >= 4 is 22.2 Å². The van der Waals surface area contributed by atoms with Gasteiger partial charge in [-0.2, -0.15) is 0 Å². The van der Waals surface area contributed by atoms with Gasteiger partial charge in [-0.3, -0.25) is 0 Å². The Morgan fingerprint density at radius 1 is 1.03 bits per heavy atom. The van der Waals surface area contributed by atoms with Crippen LogP contribution in [-0.2, 0) is 17.3 Å². The minimum Gasteiger partial charge on any atom is -0.504 e. The van der Waals surface area contributed by atoms with E-state index in [1.807, 2.05) is 36.4 Å². The molecule has 32 heavy (non-hydrogen) atoms. The molecule has 1 unspecified atom stereocenters. The summed E-state index contributed by atoms with van der Waals surface area (Å²) in [5.74, 6) is 0.700. The zero-order valence-electron chi connectivity index (χ0n) is 19.1. The van der Waals surface area contributed by atoms with E-state index in [0.717, 1.165) is 46.2 Å². The molecule has 0 bridgehead atoms. The zero-order chi connectivity index (χ0) is 22.8. The van der Waals surface area contributed by atoms with E-state index in [9.17, 15) is 9.32 Å². The molecule has 0 aliphatic carbocycles. The Morgan fingerprint density at radius 3 is 2.59 bits per heavy atom. The third kappa shape index (κ3) is 4.12. The van der Waals surface area contributed by atoms with Gasteiger partial charge in [0.2, 0.25) is 0 Å². The number of nitrogens with zero attached hydrogens (tertiary/aromatic N) is 2. The number of phenolic OH excluding ortho intramolecular Hbond substituents is 1. The summed E-state index contributed by atoms with van der Waals surface area (Å²) >= 11 is 0. The minimum absolute atomic E-state index is 0.203. The monoisotopic (exact) mass is 450 g/mol. The van der Waals surface area contributed by atoms with E-state index in [4.69, 9.17) is 4.74 Å². The van der Waals surface area contributed by atoms with Crippen LogP contribution < -0.4 is 9.64 Å². The van der Waals surface area contributed by atoms with Gasteiger partial charge in [-0.25, -0.2) is 4.21 Å². The molecule has 0 saturated carbocycles. The molecule has 5 nitrogen and oxygen atoms in total. The van der Waals surface area contributed by atoms with Crippen molar-refractivity contribution < 1.29 is 14.1 Å². The molecule has 0 fully saturated rings. The summed E-state index contributed by atoms with van der Waals surface area (Å²) in [7, 11) is 2.45. The number of hydrogen-bond donors (Lipinski definition) is 1. The Labute approximate surface area is 192 Å². The number of aryl methyl sites for hydroxylation is 1. The first-order chi connectivity index (χ1) is 15.4. The van der Waals surface area contributed by atoms with Crippen molar-refractivity contribution in [3.05, 3.63) is 71.3 Å². The number of ether oxygens (including phenoxy) is 1. The summed E-state index contributed by atoms with van der Waals surface area (Å²) in [4.78, 5) is 6.29. The largest absolute Gasteiger partial charge is 0.504 e. The molecule has 1 aliphatic heterocycles.